The fourth-order valence-electron chi connectivity index (χ4n) is 1.36. The molecule has 2 unspecified atom stereocenters. The maximum atomic E-state index is 4.60. The minimum atomic E-state index is 0.484. The van der Waals surface area contributed by atoms with E-state index < -0.39 is 0 Å². The van der Waals surface area contributed by atoms with Crippen LogP contribution >= 0.6 is 46.8 Å². The monoisotopic (exact) mass is 298 g/mol. The molecule has 4 heteroatoms. The molecule has 2 atom stereocenters. The maximum absolute atomic E-state index is 4.60. The second kappa shape index (κ2) is 12.8. The number of unbranched alkanes of at least 4 members (excludes halogenated alkanes) is 4. The zero-order valence-electron chi connectivity index (χ0n) is 10.5. The van der Waals surface area contributed by atoms with Crippen molar-refractivity contribution in [1.82, 2.24) is 0 Å². The van der Waals surface area contributed by atoms with Crippen LogP contribution < -0.4 is 0 Å². The molecule has 0 saturated heterocycles. The summed E-state index contributed by atoms with van der Waals surface area (Å²) in [5.74, 6) is 0. The molecule has 98 valence electrons. The molecule has 0 heterocycles. The average molecular weight is 299 g/mol. The molecular formula is C12H26S4. The van der Waals surface area contributed by atoms with Crippen molar-refractivity contribution in [1.29, 1.82) is 0 Å². The van der Waals surface area contributed by atoms with Crippen molar-refractivity contribution in [3.63, 3.8) is 0 Å². The molecule has 0 saturated carbocycles. The van der Waals surface area contributed by atoms with E-state index >= 15 is 0 Å². The predicted octanol–water partition coefficient (Wildman–Crippen LogP) is 6.04. The fourth-order valence-corrected chi connectivity index (χ4v) is 4.75. The number of hydrogen-bond donors (Lipinski definition) is 2. The molecule has 0 bridgehead atoms. The smallest absolute Gasteiger partial charge is 0.0576 e. The Bertz CT molecular complexity index is 125. The van der Waals surface area contributed by atoms with Gasteiger partial charge in [-0.2, -0.15) is 25.3 Å². The number of rotatable bonds is 11. The first-order valence-corrected chi connectivity index (χ1v) is 9.69. The minimum absolute atomic E-state index is 0.484. The first kappa shape index (κ1) is 17.4. The fraction of sp³-hybridized carbons (Fsp3) is 1.00. The summed E-state index contributed by atoms with van der Waals surface area (Å²) in [6.45, 7) is 4.49. The van der Waals surface area contributed by atoms with Crippen LogP contribution in [0.5, 0.6) is 0 Å². The van der Waals surface area contributed by atoms with E-state index in [1.807, 2.05) is 21.6 Å². The number of thiol groups is 2. The lowest BCUT2D eigenvalue weighted by atomic mass is 10.2. The molecule has 0 spiro atoms. The third-order valence-corrected chi connectivity index (χ3v) is 7.15. The molecule has 0 aromatic heterocycles. The van der Waals surface area contributed by atoms with E-state index in [0.29, 0.717) is 9.16 Å². The Morgan fingerprint density at radius 3 is 1.44 bits per heavy atom. The van der Waals surface area contributed by atoms with E-state index in [0.717, 1.165) is 0 Å². The Hall–Kier alpha value is 1.40. The summed E-state index contributed by atoms with van der Waals surface area (Å²) in [4.78, 5) is 0. The van der Waals surface area contributed by atoms with Crippen LogP contribution in [0.1, 0.15) is 65.2 Å². The zero-order chi connectivity index (χ0) is 12.2. The Balaban J connectivity index is 3.32. The van der Waals surface area contributed by atoms with E-state index in [9.17, 15) is 0 Å². The van der Waals surface area contributed by atoms with Gasteiger partial charge in [0.15, 0.2) is 0 Å². The van der Waals surface area contributed by atoms with Crippen LogP contribution in [0.15, 0.2) is 0 Å². The lowest BCUT2D eigenvalue weighted by Crippen LogP contribution is -1.94. The van der Waals surface area contributed by atoms with Gasteiger partial charge < -0.3 is 0 Å². The molecule has 0 rings (SSSR count). The normalized spacial score (nSPS) is 15.0. The van der Waals surface area contributed by atoms with Crippen molar-refractivity contribution in [2.45, 2.75) is 74.4 Å². The molecule has 0 aliphatic heterocycles. The van der Waals surface area contributed by atoms with Gasteiger partial charge in [0.2, 0.25) is 0 Å². The minimum Gasteiger partial charge on any atom is -0.164 e. The summed E-state index contributed by atoms with van der Waals surface area (Å²) in [5, 5.41) is 0. The van der Waals surface area contributed by atoms with Crippen LogP contribution in [-0.4, -0.2) is 9.16 Å². The van der Waals surface area contributed by atoms with Crippen LogP contribution in [-0.2, 0) is 0 Å². The Morgan fingerprint density at radius 2 is 1.12 bits per heavy atom. The lowest BCUT2D eigenvalue weighted by Gasteiger charge is -2.13. The first-order valence-electron chi connectivity index (χ1n) is 6.39. The van der Waals surface area contributed by atoms with Gasteiger partial charge in [-0.3, -0.25) is 0 Å². The second-order valence-electron chi connectivity index (χ2n) is 4.09. The highest BCUT2D eigenvalue weighted by Crippen LogP contribution is 2.38. The van der Waals surface area contributed by atoms with Gasteiger partial charge >= 0.3 is 0 Å². The highest BCUT2D eigenvalue weighted by molar-refractivity contribution is 8.79. The van der Waals surface area contributed by atoms with Crippen molar-refractivity contribution in [2.75, 3.05) is 0 Å². The molecule has 0 amide bonds. The Labute approximate surface area is 121 Å². The third-order valence-electron chi connectivity index (χ3n) is 2.39. The van der Waals surface area contributed by atoms with Gasteiger partial charge in [0.1, 0.15) is 0 Å². The van der Waals surface area contributed by atoms with Crippen LogP contribution in [0, 0.1) is 0 Å². The van der Waals surface area contributed by atoms with E-state index in [1.165, 1.54) is 51.4 Å². The van der Waals surface area contributed by atoms with E-state index in [2.05, 4.69) is 39.1 Å². The van der Waals surface area contributed by atoms with Gasteiger partial charge in [-0.15, -0.1) is 0 Å². The molecule has 0 N–H and O–H groups in total. The molecule has 0 aromatic carbocycles. The van der Waals surface area contributed by atoms with Crippen molar-refractivity contribution in [2.24, 2.45) is 0 Å². The largest absolute Gasteiger partial charge is 0.164 e. The second-order valence-corrected chi connectivity index (χ2v) is 8.72. The molecule has 16 heavy (non-hydrogen) atoms. The standard InChI is InChI=1S/C12H26S4/c1-3-5-7-9-11(13)15-16-12(14)10-8-6-4-2/h11-14H,3-10H2,1-2H3. The zero-order valence-corrected chi connectivity index (χ0v) is 13.9. The van der Waals surface area contributed by atoms with Gasteiger partial charge in [0.05, 0.1) is 9.16 Å². The van der Waals surface area contributed by atoms with E-state index in [4.69, 9.17) is 0 Å². The average Bonchev–Trinajstić information content (AvgIpc) is 2.27. The summed E-state index contributed by atoms with van der Waals surface area (Å²) in [6, 6.07) is 0. The summed E-state index contributed by atoms with van der Waals surface area (Å²) in [5.41, 5.74) is 0. The molecular weight excluding hydrogens is 272 g/mol. The third kappa shape index (κ3) is 11.9. The van der Waals surface area contributed by atoms with Gasteiger partial charge in [0.25, 0.3) is 0 Å². The van der Waals surface area contributed by atoms with Crippen LogP contribution in [0.25, 0.3) is 0 Å². The predicted molar refractivity (Wildman–Crippen MR) is 89.0 cm³/mol. The Kier molecular flexibility index (Phi) is 14.0. The molecule has 0 aliphatic rings. The van der Waals surface area contributed by atoms with Crippen molar-refractivity contribution < 1.29 is 0 Å². The maximum Gasteiger partial charge on any atom is 0.0576 e. The summed E-state index contributed by atoms with van der Waals surface area (Å²) >= 11 is 9.19. The van der Waals surface area contributed by atoms with E-state index in [-0.39, 0.29) is 0 Å². The highest BCUT2D eigenvalue weighted by atomic mass is 33.1. The molecule has 0 aromatic rings. The highest BCUT2D eigenvalue weighted by Gasteiger charge is 2.08. The summed E-state index contributed by atoms with van der Waals surface area (Å²) in [6.07, 6.45) is 10.3. The van der Waals surface area contributed by atoms with Crippen molar-refractivity contribution in [3.05, 3.63) is 0 Å². The van der Waals surface area contributed by atoms with Crippen molar-refractivity contribution in [3.8, 4) is 0 Å². The summed E-state index contributed by atoms with van der Waals surface area (Å²) < 4.78 is 0.967. The van der Waals surface area contributed by atoms with Crippen LogP contribution in [0.3, 0.4) is 0 Å². The quantitative estimate of drug-likeness (QED) is 0.206. The lowest BCUT2D eigenvalue weighted by molar-refractivity contribution is 0.697. The van der Waals surface area contributed by atoms with Gasteiger partial charge in [-0.05, 0) is 12.8 Å². The van der Waals surface area contributed by atoms with Crippen molar-refractivity contribution >= 4 is 46.8 Å². The topological polar surface area (TPSA) is 0 Å². The molecule has 0 nitrogen and oxygen atoms in total. The van der Waals surface area contributed by atoms with Gasteiger partial charge in [-0.25, -0.2) is 0 Å². The molecule has 0 radical (unpaired) electrons. The molecule has 0 aliphatic carbocycles. The van der Waals surface area contributed by atoms with Gasteiger partial charge in [0, 0.05) is 0 Å². The Morgan fingerprint density at radius 1 is 0.750 bits per heavy atom. The number of hydrogen-bond acceptors (Lipinski definition) is 4. The van der Waals surface area contributed by atoms with E-state index in [1.54, 1.807) is 0 Å². The summed E-state index contributed by atoms with van der Waals surface area (Å²) in [7, 11) is 3.79. The SMILES string of the molecule is CCCCCC(S)SSC(S)CCCCC. The first-order chi connectivity index (χ1) is 7.70. The van der Waals surface area contributed by atoms with Gasteiger partial charge in [-0.1, -0.05) is 74.0 Å². The van der Waals surface area contributed by atoms with Crippen LogP contribution in [0.4, 0.5) is 0 Å². The van der Waals surface area contributed by atoms with Crippen LogP contribution in [0.2, 0.25) is 0 Å². The molecule has 0 fully saturated rings.